The molecule has 1 N–H and O–H groups in total. The molecule has 6 nitrogen and oxygen atoms in total. The van der Waals surface area contributed by atoms with Crippen LogP contribution in [0.3, 0.4) is 0 Å². The molecule has 0 radical (unpaired) electrons. The molecule has 0 saturated carbocycles. The van der Waals surface area contributed by atoms with E-state index in [2.05, 4.69) is 22.4 Å². The number of benzene rings is 1. The second kappa shape index (κ2) is 8.29. The summed E-state index contributed by atoms with van der Waals surface area (Å²) < 4.78 is 5.15. The predicted molar refractivity (Wildman–Crippen MR) is 89.7 cm³/mol. The van der Waals surface area contributed by atoms with Crippen molar-refractivity contribution in [1.82, 2.24) is 15.0 Å². The van der Waals surface area contributed by atoms with Gasteiger partial charge in [-0.25, -0.2) is 0 Å². The van der Waals surface area contributed by atoms with Crippen LogP contribution < -0.4 is 5.32 Å². The van der Waals surface area contributed by atoms with Gasteiger partial charge in [-0.15, -0.1) is 0 Å². The molecule has 0 aliphatic heterocycles. The fourth-order valence-corrected chi connectivity index (χ4v) is 2.28. The lowest BCUT2D eigenvalue weighted by Crippen LogP contribution is -2.29. The second-order valence-corrected chi connectivity index (χ2v) is 6.02. The zero-order valence-corrected chi connectivity index (χ0v) is 14.5. The maximum atomic E-state index is 12.0. The molecular formula is C15H18Cl2N4O2. The van der Waals surface area contributed by atoms with E-state index in [-0.39, 0.29) is 12.5 Å². The molecule has 0 spiro atoms. The van der Waals surface area contributed by atoms with E-state index in [0.29, 0.717) is 34.0 Å². The van der Waals surface area contributed by atoms with Crippen molar-refractivity contribution in [3.63, 3.8) is 0 Å². The summed E-state index contributed by atoms with van der Waals surface area (Å²) in [5.74, 6) is 1.02. The van der Waals surface area contributed by atoms with E-state index >= 15 is 0 Å². The summed E-state index contributed by atoms with van der Waals surface area (Å²) in [7, 11) is 1.80. The topological polar surface area (TPSA) is 71.3 Å². The Morgan fingerprint density at radius 1 is 1.35 bits per heavy atom. The number of halogens is 2. The van der Waals surface area contributed by atoms with Crippen molar-refractivity contribution in [2.24, 2.45) is 0 Å². The average Bonchev–Trinajstić information content (AvgIpc) is 2.90. The molecule has 0 aliphatic carbocycles. The maximum absolute atomic E-state index is 12.0. The number of carbonyl (C=O) groups is 1. The highest BCUT2D eigenvalue weighted by molar-refractivity contribution is 6.42. The molecule has 0 atom stereocenters. The fourth-order valence-electron chi connectivity index (χ4n) is 1.99. The van der Waals surface area contributed by atoms with Crippen molar-refractivity contribution < 1.29 is 9.32 Å². The normalized spacial score (nSPS) is 11.0. The summed E-state index contributed by atoms with van der Waals surface area (Å²) in [6.07, 6.45) is 1.74. The highest BCUT2D eigenvalue weighted by Crippen LogP contribution is 2.24. The standard InChI is InChI=1S/C15H18Cl2N4O2/c1-3-4-13-19-15(23-20-13)9-21(2)8-14(22)18-10-5-6-11(16)12(17)7-10/h5-7H,3-4,8-9H2,1-2H3,(H,18,22). The monoisotopic (exact) mass is 356 g/mol. The van der Waals surface area contributed by atoms with Gasteiger partial charge in [0, 0.05) is 12.1 Å². The summed E-state index contributed by atoms with van der Waals surface area (Å²) in [4.78, 5) is 18.1. The van der Waals surface area contributed by atoms with Crippen LogP contribution >= 0.6 is 23.2 Å². The van der Waals surface area contributed by atoms with Crippen LogP contribution in [0.1, 0.15) is 25.1 Å². The predicted octanol–water partition coefficient (Wildman–Crippen LogP) is 3.40. The number of carbonyl (C=O) groups excluding carboxylic acids is 1. The van der Waals surface area contributed by atoms with Crippen LogP contribution in [0.2, 0.25) is 10.0 Å². The lowest BCUT2D eigenvalue weighted by atomic mass is 10.3. The van der Waals surface area contributed by atoms with E-state index in [1.165, 1.54) is 0 Å². The summed E-state index contributed by atoms with van der Waals surface area (Å²) in [5.41, 5.74) is 0.598. The molecule has 1 aromatic heterocycles. The Morgan fingerprint density at radius 2 is 2.13 bits per heavy atom. The van der Waals surface area contributed by atoms with Crippen LogP contribution in [-0.2, 0) is 17.8 Å². The number of aryl methyl sites for hydroxylation is 1. The molecule has 0 unspecified atom stereocenters. The first-order chi connectivity index (χ1) is 11.0. The number of anilines is 1. The van der Waals surface area contributed by atoms with Crippen LogP contribution in [0.25, 0.3) is 0 Å². The Morgan fingerprint density at radius 3 is 2.83 bits per heavy atom. The highest BCUT2D eigenvalue weighted by atomic mass is 35.5. The fraction of sp³-hybridized carbons (Fsp3) is 0.400. The molecule has 2 aromatic rings. The van der Waals surface area contributed by atoms with Gasteiger partial charge in [0.2, 0.25) is 11.8 Å². The first kappa shape index (κ1) is 17.7. The van der Waals surface area contributed by atoms with Crippen LogP contribution in [-0.4, -0.2) is 34.5 Å². The molecule has 1 heterocycles. The Hall–Kier alpha value is -1.63. The molecule has 1 amide bonds. The molecular weight excluding hydrogens is 339 g/mol. The number of nitrogens with zero attached hydrogens (tertiary/aromatic N) is 3. The van der Waals surface area contributed by atoms with E-state index in [1.54, 1.807) is 30.1 Å². The van der Waals surface area contributed by atoms with E-state index in [4.69, 9.17) is 27.7 Å². The van der Waals surface area contributed by atoms with E-state index in [0.717, 1.165) is 12.8 Å². The summed E-state index contributed by atoms with van der Waals surface area (Å²) in [5, 5.41) is 7.49. The van der Waals surface area contributed by atoms with Gasteiger partial charge in [0.05, 0.1) is 23.1 Å². The zero-order chi connectivity index (χ0) is 16.8. The summed E-state index contributed by atoms with van der Waals surface area (Å²) in [6.45, 7) is 2.65. The summed E-state index contributed by atoms with van der Waals surface area (Å²) >= 11 is 11.8. The first-order valence-corrected chi connectivity index (χ1v) is 7.98. The van der Waals surface area contributed by atoms with Gasteiger partial charge in [-0.2, -0.15) is 4.98 Å². The Labute approximate surface area is 144 Å². The molecule has 2 rings (SSSR count). The first-order valence-electron chi connectivity index (χ1n) is 7.23. The zero-order valence-electron chi connectivity index (χ0n) is 13.0. The largest absolute Gasteiger partial charge is 0.338 e. The number of aromatic nitrogens is 2. The van der Waals surface area contributed by atoms with Gasteiger partial charge in [0.25, 0.3) is 0 Å². The minimum atomic E-state index is -0.167. The molecule has 0 aliphatic rings. The van der Waals surface area contributed by atoms with Crippen molar-refractivity contribution >= 4 is 34.8 Å². The minimum absolute atomic E-state index is 0.167. The molecule has 0 saturated heterocycles. The van der Waals surface area contributed by atoms with Crippen LogP contribution in [0, 0.1) is 0 Å². The van der Waals surface area contributed by atoms with Gasteiger partial charge < -0.3 is 9.84 Å². The Kier molecular flexibility index (Phi) is 6.38. The van der Waals surface area contributed by atoms with Crippen LogP contribution in [0.15, 0.2) is 22.7 Å². The number of amides is 1. The van der Waals surface area contributed by atoms with Gasteiger partial charge in [-0.05, 0) is 31.7 Å². The smallest absolute Gasteiger partial charge is 0.240 e. The lowest BCUT2D eigenvalue weighted by Gasteiger charge is -2.14. The second-order valence-electron chi connectivity index (χ2n) is 5.20. The third kappa shape index (κ3) is 5.49. The Balaban J connectivity index is 1.84. The molecule has 8 heteroatoms. The Bertz CT molecular complexity index is 675. The summed E-state index contributed by atoms with van der Waals surface area (Å²) in [6, 6.07) is 4.94. The van der Waals surface area contributed by atoms with Crippen molar-refractivity contribution in [2.45, 2.75) is 26.3 Å². The minimum Gasteiger partial charge on any atom is -0.338 e. The number of likely N-dealkylation sites (N-methyl/N-ethyl adjacent to an activating group) is 1. The number of hydrogen-bond donors (Lipinski definition) is 1. The quantitative estimate of drug-likeness (QED) is 0.822. The average molecular weight is 357 g/mol. The van der Waals surface area contributed by atoms with Gasteiger partial charge in [-0.3, -0.25) is 9.69 Å². The van der Waals surface area contributed by atoms with Gasteiger partial charge in [-0.1, -0.05) is 35.3 Å². The third-order valence-corrected chi connectivity index (χ3v) is 3.74. The van der Waals surface area contributed by atoms with Crippen molar-refractivity contribution in [2.75, 3.05) is 18.9 Å². The van der Waals surface area contributed by atoms with E-state index in [9.17, 15) is 4.79 Å². The SMILES string of the molecule is CCCc1noc(CN(C)CC(=O)Nc2ccc(Cl)c(Cl)c2)n1. The van der Waals surface area contributed by atoms with Crippen molar-refractivity contribution in [1.29, 1.82) is 0 Å². The number of nitrogens with one attached hydrogen (secondary N) is 1. The van der Waals surface area contributed by atoms with Gasteiger partial charge >= 0.3 is 0 Å². The van der Waals surface area contributed by atoms with Crippen molar-refractivity contribution in [3.05, 3.63) is 40.0 Å². The van der Waals surface area contributed by atoms with Crippen LogP contribution in [0.5, 0.6) is 0 Å². The molecule has 0 fully saturated rings. The molecule has 124 valence electrons. The van der Waals surface area contributed by atoms with Crippen LogP contribution in [0.4, 0.5) is 5.69 Å². The number of rotatable bonds is 7. The lowest BCUT2D eigenvalue weighted by molar-refractivity contribution is -0.117. The van der Waals surface area contributed by atoms with Crippen molar-refractivity contribution in [3.8, 4) is 0 Å². The van der Waals surface area contributed by atoms with Gasteiger partial charge in [0.15, 0.2) is 5.82 Å². The molecule has 1 aromatic carbocycles. The molecule has 23 heavy (non-hydrogen) atoms. The van der Waals surface area contributed by atoms with E-state index in [1.807, 2.05) is 0 Å². The van der Waals surface area contributed by atoms with E-state index < -0.39 is 0 Å². The molecule has 0 bridgehead atoms. The third-order valence-electron chi connectivity index (χ3n) is 3.01. The van der Waals surface area contributed by atoms with Gasteiger partial charge in [0.1, 0.15) is 0 Å². The maximum Gasteiger partial charge on any atom is 0.240 e. The highest BCUT2D eigenvalue weighted by Gasteiger charge is 2.12. The number of hydrogen-bond acceptors (Lipinski definition) is 5.